The molecule has 0 spiro atoms. The zero-order valence-corrected chi connectivity index (χ0v) is 22.6. The molecule has 200 valence electrons. The van der Waals surface area contributed by atoms with Crippen LogP contribution in [0, 0.1) is 0 Å². The number of carboxylic acid groups (broad SMARTS) is 1. The second kappa shape index (κ2) is 10.9. The SMILES string of the molecule is COc1ccc2c(c1)nc(CCSC1c3ccccc3COc3ccc(C(=O)O)cc31)n2C(=O)c1ccccc1. The van der Waals surface area contributed by atoms with Crippen molar-refractivity contribution in [3.63, 3.8) is 0 Å². The summed E-state index contributed by atoms with van der Waals surface area (Å²) in [6.07, 6.45) is 0.522. The predicted molar refractivity (Wildman–Crippen MR) is 155 cm³/mol. The molecule has 0 radical (unpaired) electrons. The van der Waals surface area contributed by atoms with E-state index in [1.54, 1.807) is 53.8 Å². The summed E-state index contributed by atoms with van der Waals surface area (Å²) in [5, 5.41) is 9.50. The molecular formula is C32H26N2O5S. The average Bonchev–Trinajstić information content (AvgIpc) is 3.27. The molecule has 5 aromatic rings. The summed E-state index contributed by atoms with van der Waals surface area (Å²) in [6.45, 7) is 0.413. The van der Waals surface area contributed by atoms with Crippen molar-refractivity contribution in [1.82, 2.24) is 9.55 Å². The van der Waals surface area contributed by atoms with Crippen molar-refractivity contribution in [2.75, 3.05) is 12.9 Å². The van der Waals surface area contributed by atoms with E-state index < -0.39 is 5.97 Å². The number of thioether (sulfide) groups is 1. The number of carbonyl (C=O) groups is 2. The zero-order chi connectivity index (χ0) is 27.6. The molecule has 0 aliphatic carbocycles. The van der Waals surface area contributed by atoms with Crippen LogP contribution in [0.2, 0.25) is 0 Å². The van der Waals surface area contributed by atoms with Crippen molar-refractivity contribution >= 4 is 34.7 Å². The summed E-state index contributed by atoms with van der Waals surface area (Å²) in [5.41, 5.74) is 5.19. The lowest BCUT2D eigenvalue weighted by Crippen LogP contribution is -2.16. The number of rotatable bonds is 7. The van der Waals surface area contributed by atoms with Crippen LogP contribution in [-0.4, -0.2) is 39.4 Å². The summed E-state index contributed by atoms with van der Waals surface area (Å²) in [4.78, 5) is 30.3. The molecule has 1 aromatic heterocycles. The van der Waals surface area contributed by atoms with E-state index in [2.05, 4.69) is 6.07 Å². The minimum atomic E-state index is -0.979. The molecular weight excluding hydrogens is 524 g/mol. The van der Waals surface area contributed by atoms with Crippen LogP contribution in [0.25, 0.3) is 11.0 Å². The van der Waals surface area contributed by atoms with Gasteiger partial charge in [0.25, 0.3) is 5.91 Å². The van der Waals surface area contributed by atoms with Crippen LogP contribution in [-0.2, 0) is 13.0 Å². The largest absolute Gasteiger partial charge is 0.497 e. The van der Waals surface area contributed by atoms with Crippen LogP contribution in [0.1, 0.15) is 48.5 Å². The molecule has 0 saturated carbocycles. The smallest absolute Gasteiger partial charge is 0.335 e. The van der Waals surface area contributed by atoms with Gasteiger partial charge in [-0.25, -0.2) is 9.78 Å². The fourth-order valence-electron chi connectivity index (χ4n) is 5.05. The van der Waals surface area contributed by atoms with E-state index in [0.29, 0.717) is 47.2 Å². The first-order valence-electron chi connectivity index (χ1n) is 12.9. The molecule has 0 fully saturated rings. The van der Waals surface area contributed by atoms with Crippen LogP contribution in [0.3, 0.4) is 0 Å². The van der Waals surface area contributed by atoms with Crippen molar-refractivity contribution < 1.29 is 24.2 Å². The van der Waals surface area contributed by atoms with E-state index in [4.69, 9.17) is 14.5 Å². The molecule has 6 rings (SSSR count). The second-order valence-corrected chi connectivity index (χ2v) is 10.6. The second-order valence-electron chi connectivity index (χ2n) is 9.44. The van der Waals surface area contributed by atoms with Gasteiger partial charge >= 0.3 is 5.97 Å². The highest BCUT2D eigenvalue weighted by Crippen LogP contribution is 2.44. The number of hydrogen-bond acceptors (Lipinski definition) is 6. The van der Waals surface area contributed by atoms with Crippen LogP contribution < -0.4 is 9.47 Å². The molecule has 1 unspecified atom stereocenters. The minimum Gasteiger partial charge on any atom is -0.497 e. The summed E-state index contributed by atoms with van der Waals surface area (Å²) in [7, 11) is 1.60. The van der Waals surface area contributed by atoms with Crippen molar-refractivity contribution in [1.29, 1.82) is 0 Å². The zero-order valence-electron chi connectivity index (χ0n) is 21.7. The highest BCUT2D eigenvalue weighted by Gasteiger charge is 2.27. The molecule has 1 N–H and O–H groups in total. The van der Waals surface area contributed by atoms with E-state index >= 15 is 0 Å². The van der Waals surface area contributed by atoms with Gasteiger partial charge in [-0.2, -0.15) is 0 Å². The highest BCUT2D eigenvalue weighted by molar-refractivity contribution is 7.99. The maximum atomic E-state index is 13.6. The monoisotopic (exact) mass is 550 g/mol. The lowest BCUT2D eigenvalue weighted by molar-refractivity contribution is 0.0696. The Morgan fingerprint density at radius 2 is 1.77 bits per heavy atom. The van der Waals surface area contributed by atoms with Gasteiger partial charge in [0.1, 0.15) is 23.9 Å². The Hall–Kier alpha value is -4.56. The molecule has 8 heteroatoms. The van der Waals surface area contributed by atoms with Crippen molar-refractivity contribution in [3.8, 4) is 11.5 Å². The van der Waals surface area contributed by atoms with Gasteiger partial charge in [-0.15, -0.1) is 11.8 Å². The Labute approximate surface area is 235 Å². The maximum Gasteiger partial charge on any atom is 0.335 e. The summed E-state index contributed by atoms with van der Waals surface area (Å²) in [5.74, 6) is 1.52. The van der Waals surface area contributed by atoms with Gasteiger partial charge in [-0.3, -0.25) is 9.36 Å². The van der Waals surface area contributed by atoms with E-state index in [1.807, 2.05) is 54.6 Å². The van der Waals surface area contributed by atoms with E-state index in [1.165, 1.54) is 0 Å². The molecule has 40 heavy (non-hydrogen) atoms. The lowest BCUT2D eigenvalue weighted by Gasteiger charge is -2.19. The van der Waals surface area contributed by atoms with E-state index in [9.17, 15) is 14.7 Å². The molecule has 1 atom stereocenters. The Morgan fingerprint density at radius 3 is 2.58 bits per heavy atom. The lowest BCUT2D eigenvalue weighted by atomic mass is 9.98. The standard InChI is InChI=1S/C32H26N2O5S/c1-38-23-12-13-27-26(18-23)33-29(34(27)31(35)20-7-3-2-4-8-20)15-16-40-30-24-10-6-5-9-22(24)19-39-28-14-11-21(32(36)37)17-25(28)30/h2-14,17-18,30H,15-16,19H2,1H3,(H,36,37). The number of methoxy groups -OCH3 is 1. The number of aryl methyl sites for hydroxylation is 1. The Morgan fingerprint density at radius 1 is 0.975 bits per heavy atom. The van der Waals surface area contributed by atoms with Crippen molar-refractivity contribution in [2.24, 2.45) is 0 Å². The number of aromatic carboxylic acids is 1. The van der Waals surface area contributed by atoms with Gasteiger partial charge in [0.15, 0.2) is 0 Å². The Bertz CT molecular complexity index is 1730. The third-order valence-corrected chi connectivity index (χ3v) is 8.31. The molecule has 1 aliphatic heterocycles. The third kappa shape index (κ3) is 4.82. The summed E-state index contributed by atoms with van der Waals surface area (Å²) < 4.78 is 13.2. The maximum absolute atomic E-state index is 13.6. The molecule has 0 bridgehead atoms. The number of carbonyl (C=O) groups excluding carboxylic acids is 1. The summed E-state index contributed by atoms with van der Waals surface area (Å²) >= 11 is 1.68. The molecule has 0 saturated heterocycles. The first kappa shape index (κ1) is 25.7. The Balaban J connectivity index is 1.36. The number of ether oxygens (including phenoxy) is 2. The molecule has 7 nitrogen and oxygen atoms in total. The normalized spacial score (nSPS) is 14.1. The quantitative estimate of drug-likeness (QED) is 0.251. The molecule has 2 heterocycles. The topological polar surface area (TPSA) is 90.7 Å². The van der Waals surface area contributed by atoms with Crippen LogP contribution in [0.15, 0.2) is 91.0 Å². The number of imidazole rings is 1. The predicted octanol–water partition coefficient (Wildman–Crippen LogP) is 6.39. The van der Waals surface area contributed by atoms with Gasteiger partial charge in [-0.05, 0) is 53.6 Å². The number of carboxylic acids is 1. The number of hydrogen-bond donors (Lipinski definition) is 1. The molecule has 4 aromatic carbocycles. The fraction of sp³-hybridized carbons (Fsp3) is 0.156. The minimum absolute atomic E-state index is 0.141. The van der Waals surface area contributed by atoms with Crippen molar-refractivity contribution in [3.05, 3.63) is 125 Å². The van der Waals surface area contributed by atoms with Gasteiger partial charge in [0, 0.05) is 29.4 Å². The first-order chi connectivity index (χ1) is 19.5. The number of fused-ring (bicyclic) bond motifs is 3. The van der Waals surface area contributed by atoms with Crippen molar-refractivity contribution in [2.45, 2.75) is 18.3 Å². The van der Waals surface area contributed by atoms with Gasteiger partial charge in [0.2, 0.25) is 0 Å². The first-order valence-corrected chi connectivity index (χ1v) is 13.9. The number of nitrogens with zero attached hydrogens (tertiary/aromatic N) is 2. The van der Waals surface area contributed by atoms with Gasteiger partial charge in [0.05, 0.1) is 29.0 Å². The van der Waals surface area contributed by atoms with Crippen LogP contribution >= 0.6 is 11.8 Å². The highest BCUT2D eigenvalue weighted by atomic mass is 32.2. The van der Waals surface area contributed by atoms with Gasteiger partial charge in [-0.1, -0.05) is 42.5 Å². The van der Waals surface area contributed by atoms with E-state index in [0.717, 1.165) is 22.2 Å². The third-order valence-electron chi connectivity index (χ3n) is 7.03. The van der Waals surface area contributed by atoms with Crippen LogP contribution in [0.4, 0.5) is 0 Å². The van der Waals surface area contributed by atoms with E-state index in [-0.39, 0.29) is 16.7 Å². The fourth-order valence-corrected chi connectivity index (χ4v) is 6.36. The average molecular weight is 551 g/mol. The summed E-state index contributed by atoms with van der Waals surface area (Å²) in [6, 6.07) is 27.8. The Kier molecular flexibility index (Phi) is 7.00. The van der Waals surface area contributed by atoms with Crippen LogP contribution in [0.5, 0.6) is 11.5 Å². The number of aromatic nitrogens is 2. The molecule has 0 amide bonds. The number of benzene rings is 4. The molecule has 1 aliphatic rings. The van der Waals surface area contributed by atoms with Gasteiger partial charge < -0.3 is 14.6 Å².